The number of carbonyl (C=O) groups excluding carboxylic acids is 1. The summed E-state index contributed by atoms with van der Waals surface area (Å²) in [5.41, 5.74) is -0.887. The number of aliphatic carboxylic acids is 2. The lowest BCUT2D eigenvalue weighted by Gasteiger charge is -2.23. The first-order valence-corrected chi connectivity index (χ1v) is 7.67. The molecule has 0 aliphatic heterocycles. The molecule has 0 bridgehead atoms. The normalized spacial score (nSPS) is 11.2. The van der Waals surface area contributed by atoms with E-state index in [4.69, 9.17) is 0 Å². The monoisotopic (exact) mass is 329 g/mol. The molecule has 1 aromatic heterocycles. The molecular formula is C18H19NO5. The third kappa shape index (κ3) is 2.71. The number of ketones is 1. The second-order valence-electron chi connectivity index (χ2n) is 5.50. The fraction of sp³-hybridized carbons (Fsp3) is 0.278. The summed E-state index contributed by atoms with van der Waals surface area (Å²) in [6.07, 6.45) is 0.278. The number of rotatable bonds is 7. The van der Waals surface area contributed by atoms with E-state index in [1.807, 2.05) is 0 Å². The van der Waals surface area contributed by atoms with Crippen molar-refractivity contribution in [3.05, 3.63) is 58.9 Å². The predicted octanol–water partition coefficient (Wildman–Crippen LogP) is 2.63. The highest BCUT2D eigenvalue weighted by Crippen LogP contribution is 2.32. The van der Waals surface area contributed by atoms with E-state index in [-0.39, 0.29) is 23.6 Å². The van der Waals surface area contributed by atoms with Gasteiger partial charge in [-0.25, -0.2) is 0 Å². The van der Waals surface area contributed by atoms with E-state index in [2.05, 4.69) is 4.98 Å². The van der Waals surface area contributed by atoms with Crippen LogP contribution in [0.15, 0.2) is 36.4 Å². The summed E-state index contributed by atoms with van der Waals surface area (Å²) >= 11 is 0. The smallest absolute Gasteiger partial charge is 0.327 e. The summed E-state index contributed by atoms with van der Waals surface area (Å²) in [7, 11) is 0. The van der Waals surface area contributed by atoms with Crippen LogP contribution in [0.2, 0.25) is 0 Å². The van der Waals surface area contributed by atoms with E-state index in [1.54, 1.807) is 43.3 Å². The van der Waals surface area contributed by atoms with Gasteiger partial charge in [0.25, 0.3) is 0 Å². The van der Waals surface area contributed by atoms with Crippen molar-refractivity contribution >= 4 is 17.7 Å². The van der Waals surface area contributed by atoms with E-state index in [1.165, 1.54) is 6.92 Å². The molecule has 126 valence electrons. The van der Waals surface area contributed by atoms with Crippen LogP contribution in [0, 0.1) is 0 Å². The Kier molecular flexibility index (Phi) is 4.87. The Labute approximate surface area is 139 Å². The van der Waals surface area contributed by atoms with Gasteiger partial charge in [-0.05, 0) is 24.5 Å². The van der Waals surface area contributed by atoms with Gasteiger partial charge in [-0.2, -0.15) is 0 Å². The highest BCUT2D eigenvalue weighted by atomic mass is 16.4. The van der Waals surface area contributed by atoms with Crippen molar-refractivity contribution in [2.45, 2.75) is 32.1 Å². The number of aryl methyl sites for hydroxylation is 1. The number of aromatic amines is 1. The van der Waals surface area contributed by atoms with E-state index in [0.717, 1.165) is 0 Å². The minimum absolute atomic E-state index is 0.0618. The van der Waals surface area contributed by atoms with E-state index in [9.17, 15) is 24.6 Å². The van der Waals surface area contributed by atoms with Crippen molar-refractivity contribution in [2.75, 3.05) is 0 Å². The molecule has 0 radical (unpaired) electrons. The lowest BCUT2D eigenvalue weighted by Crippen LogP contribution is -2.44. The van der Waals surface area contributed by atoms with Gasteiger partial charge >= 0.3 is 11.9 Å². The van der Waals surface area contributed by atoms with Crippen molar-refractivity contribution < 1.29 is 24.6 Å². The zero-order valence-corrected chi connectivity index (χ0v) is 13.5. The zero-order chi connectivity index (χ0) is 17.9. The molecule has 0 amide bonds. The molecule has 0 fully saturated rings. The second-order valence-corrected chi connectivity index (χ2v) is 5.50. The first-order chi connectivity index (χ1) is 11.4. The second kappa shape index (κ2) is 6.70. The molecule has 0 unspecified atom stereocenters. The van der Waals surface area contributed by atoms with Gasteiger partial charge in [0.15, 0.2) is 0 Å². The van der Waals surface area contributed by atoms with Crippen LogP contribution in [0.4, 0.5) is 0 Å². The lowest BCUT2D eigenvalue weighted by atomic mass is 9.80. The molecule has 0 aliphatic carbocycles. The first kappa shape index (κ1) is 17.5. The van der Waals surface area contributed by atoms with Crippen LogP contribution in [0.5, 0.6) is 0 Å². The largest absolute Gasteiger partial charge is 0.480 e. The Hall–Kier alpha value is -2.89. The molecule has 0 spiro atoms. The van der Waals surface area contributed by atoms with Gasteiger partial charge in [-0.3, -0.25) is 14.4 Å². The van der Waals surface area contributed by atoms with Gasteiger partial charge in [-0.1, -0.05) is 44.2 Å². The number of aromatic nitrogens is 1. The molecule has 6 heteroatoms. The van der Waals surface area contributed by atoms with Gasteiger partial charge in [0.1, 0.15) is 0 Å². The molecule has 0 saturated carbocycles. The molecule has 1 heterocycles. The molecule has 0 aliphatic rings. The van der Waals surface area contributed by atoms with Crippen LogP contribution in [-0.2, 0) is 21.4 Å². The fourth-order valence-electron chi connectivity index (χ4n) is 2.81. The van der Waals surface area contributed by atoms with Crippen LogP contribution in [-0.4, -0.2) is 32.9 Å². The summed E-state index contributed by atoms with van der Waals surface area (Å²) in [5, 5.41) is 19.1. The third-order valence-electron chi connectivity index (χ3n) is 4.25. The average molecular weight is 329 g/mol. The van der Waals surface area contributed by atoms with Gasteiger partial charge in [0.05, 0.1) is 5.69 Å². The Morgan fingerprint density at radius 3 is 2.08 bits per heavy atom. The Morgan fingerprint density at radius 2 is 1.62 bits per heavy atom. The number of H-pyrrole nitrogens is 1. The van der Waals surface area contributed by atoms with Gasteiger partial charge in [0, 0.05) is 11.3 Å². The van der Waals surface area contributed by atoms with Crippen LogP contribution < -0.4 is 0 Å². The SMILES string of the molecule is CCc1cc(C(=O)c2ccccc2)[nH]c1C(CC)(C(=O)O)C(=O)O. The molecule has 3 N–H and O–H groups in total. The highest BCUT2D eigenvalue weighted by Gasteiger charge is 2.49. The van der Waals surface area contributed by atoms with Gasteiger partial charge in [0.2, 0.25) is 11.2 Å². The molecule has 0 atom stereocenters. The quantitative estimate of drug-likeness (QED) is 0.534. The Morgan fingerprint density at radius 1 is 1.04 bits per heavy atom. The molecule has 6 nitrogen and oxygen atoms in total. The minimum atomic E-state index is -2.10. The number of nitrogens with one attached hydrogen (secondary N) is 1. The maximum atomic E-state index is 12.6. The molecule has 24 heavy (non-hydrogen) atoms. The topological polar surface area (TPSA) is 107 Å². The van der Waals surface area contributed by atoms with Crippen molar-refractivity contribution in [3.63, 3.8) is 0 Å². The zero-order valence-electron chi connectivity index (χ0n) is 13.5. The van der Waals surface area contributed by atoms with Crippen LogP contribution in [0.3, 0.4) is 0 Å². The van der Waals surface area contributed by atoms with Crippen LogP contribution in [0.25, 0.3) is 0 Å². The van der Waals surface area contributed by atoms with E-state index >= 15 is 0 Å². The van der Waals surface area contributed by atoms with Crippen LogP contribution in [0.1, 0.15) is 47.6 Å². The van der Waals surface area contributed by atoms with Gasteiger partial charge < -0.3 is 15.2 Å². The summed E-state index contributed by atoms with van der Waals surface area (Å²) in [6, 6.07) is 10.1. The fourth-order valence-corrected chi connectivity index (χ4v) is 2.81. The first-order valence-electron chi connectivity index (χ1n) is 7.67. The van der Waals surface area contributed by atoms with Crippen molar-refractivity contribution in [1.29, 1.82) is 0 Å². The summed E-state index contributed by atoms with van der Waals surface area (Å²) in [4.78, 5) is 38.8. The molecule has 1 aromatic carbocycles. The van der Waals surface area contributed by atoms with Gasteiger partial charge in [-0.15, -0.1) is 0 Å². The van der Waals surface area contributed by atoms with Crippen LogP contribution >= 0.6 is 0 Å². The third-order valence-corrected chi connectivity index (χ3v) is 4.25. The number of hydrogen-bond acceptors (Lipinski definition) is 3. The maximum absolute atomic E-state index is 12.6. The number of carbonyl (C=O) groups is 3. The van der Waals surface area contributed by atoms with Crippen molar-refractivity contribution in [1.82, 2.24) is 4.98 Å². The van der Waals surface area contributed by atoms with E-state index in [0.29, 0.717) is 17.5 Å². The minimum Gasteiger partial charge on any atom is -0.480 e. The summed E-state index contributed by atoms with van der Waals surface area (Å²) in [6.45, 7) is 3.29. The molecule has 2 aromatic rings. The molecule has 2 rings (SSSR count). The van der Waals surface area contributed by atoms with Crippen molar-refractivity contribution in [2.24, 2.45) is 0 Å². The number of hydrogen-bond donors (Lipinski definition) is 3. The standard InChI is InChI=1S/C18H19NO5/c1-3-11-10-13(14(20)12-8-6-5-7-9-12)19-15(11)18(4-2,16(21)22)17(23)24/h5-10,19H,3-4H2,1-2H3,(H,21,22)(H,23,24). The Bertz CT molecular complexity index is 762. The number of carboxylic acids is 2. The summed E-state index contributed by atoms with van der Waals surface area (Å²) < 4.78 is 0. The summed E-state index contributed by atoms with van der Waals surface area (Å²) in [5.74, 6) is -3.21. The molecular weight excluding hydrogens is 310 g/mol. The Balaban J connectivity index is 2.61. The number of benzene rings is 1. The maximum Gasteiger partial charge on any atom is 0.327 e. The average Bonchev–Trinajstić information content (AvgIpc) is 3.00. The van der Waals surface area contributed by atoms with E-state index < -0.39 is 17.4 Å². The lowest BCUT2D eigenvalue weighted by molar-refractivity contribution is -0.158. The van der Waals surface area contributed by atoms with Crippen molar-refractivity contribution in [3.8, 4) is 0 Å². The highest BCUT2D eigenvalue weighted by molar-refractivity contribution is 6.09. The molecule has 0 saturated heterocycles. The number of carboxylic acid groups (broad SMARTS) is 2. The predicted molar refractivity (Wildman–Crippen MR) is 87.3 cm³/mol.